The van der Waals surface area contributed by atoms with Crippen molar-refractivity contribution >= 4 is 17.5 Å². The van der Waals surface area contributed by atoms with E-state index in [1.165, 1.54) is 0 Å². The van der Waals surface area contributed by atoms with E-state index in [0.29, 0.717) is 5.84 Å². The zero-order valence-electron chi connectivity index (χ0n) is 18.7. The summed E-state index contributed by atoms with van der Waals surface area (Å²) in [4.78, 5) is 19.0. The molecule has 3 aromatic carbocycles. The molecule has 166 valence electrons. The first-order chi connectivity index (χ1) is 16.7. The lowest BCUT2D eigenvalue weighted by molar-refractivity contribution is -0.141. The van der Waals surface area contributed by atoms with Crippen LogP contribution in [0.5, 0.6) is 0 Å². The van der Waals surface area contributed by atoms with Gasteiger partial charge in [0.2, 0.25) is 0 Å². The van der Waals surface area contributed by atoms with Crippen molar-refractivity contribution < 1.29 is 9.53 Å². The van der Waals surface area contributed by atoms with Gasteiger partial charge in [0.25, 0.3) is 0 Å². The van der Waals surface area contributed by atoms with Gasteiger partial charge in [-0.3, -0.25) is 9.79 Å². The molecule has 0 spiro atoms. The molecule has 0 amide bonds. The van der Waals surface area contributed by atoms with Crippen molar-refractivity contribution in [2.45, 2.75) is 18.9 Å². The van der Waals surface area contributed by atoms with Crippen LogP contribution in [0.4, 0.5) is 5.69 Å². The Morgan fingerprint density at radius 2 is 1.62 bits per heavy atom. The Kier molecular flexibility index (Phi) is 5.36. The zero-order chi connectivity index (χ0) is 23.7. The molecule has 0 radical (unpaired) electrons. The van der Waals surface area contributed by atoms with E-state index in [9.17, 15) is 15.3 Å². The van der Waals surface area contributed by atoms with Gasteiger partial charge in [-0.25, -0.2) is 0 Å². The summed E-state index contributed by atoms with van der Waals surface area (Å²) in [6.07, 6.45) is 0. The van der Waals surface area contributed by atoms with Crippen molar-refractivity contribution in [3.8, 4) is 23.3 Å². The summed E-state index contributed by atoms with van der Waals surface area (Å²) in [6, 6.07) is 29.5. The topological polar surface area (TPSA) is 89.5 Å². The second-order valence-electron chi connectivity index (χ2n) is 8.29. The number of nitriles is 2. The minimum absolute atomic E-state index is 0.188. The molecule has 2 heterocycles. The number of hydrogen-bond acceptors (Lipinski definition) is 5. The SMILES string of the molecule is CCOC(=O)CN=C1[C@H](c2ccccc2)C(C#N)(C#N)[C@H]2c3ccccc3-c3ccccc3N12. The number of aliphatic imine (C=N–C) groups is 1. The van der Waals surface area contributed by atoms with E-state index in [-0.39, 0.29) is 13.2 Å². The van der Waals surface area contributed by atoms with Gasteiger partial charge in [-0.15, -0.1) is 0 Å². The number of amidine groups is 1. The van der Waals surface area contributed by atoms with Crippen molar-refractivity contribution in [1.29, 1.82) is 10.5 Å². The largest absolute Gasteiger partial charge is 0.465 e. The third-order valence-corrected chi connectivity index (χ3v) is 6.54. The second-order valence-corrected chi connectivity index (χ2v) is 8.29. The highest BCUT2D eigenvalue weighted by Crippen LogP contribution is 2.61. The van der Waals surface area contributed by atoms with E-state index in [0.717, 1.165) is 27.9 Å². The first-order valence-electron chi connectivity index (χ1n) is 11.2. The number of ether oxygens (including phenoxy) is 1. The van der Waals surface area contributed by atoms with E-state index in [4.69, 9.17) is 9.73 Å². The maximum absolute atomic E-state index is 12.3. The summed E-state index contributed by atoms with van der Waals surface area (Å²) in [5.74, 6) is -0.577. The Morgan fingerprint density at radius 3 is 2.32 bits per heavy atom. The molecule has 1 saturated heterocycles. The van der Waals surface area contributed by atoms with Crippen LogP contribution in [0.2, 0.25) is 0 Å². The molecule has 0 N–H and O–H groups in total. The first-order valence-corrected chi connectivity index (χ1v) is 11.2. The van der Waals surface area contributed by atoms with Gasteiger partial charge in [-0.05, 0) is 29.7 Å². The van der Waals surface area contributed by atoms with Gasteiger partial charge < -0.3 is 9.64 Å². The maximum Gasteiger partial charge on any atom is 0.327 e. The van der Waals surface area contributed by atoms with E-state index < -0.39 is 23.3 Å². The molecule has 2 atom stereocenters. The number of fused-ring (bicyclic) bond motifs is 6. The molecular weight excluding hydrogens is 424 g/mol. The predicted octanol–water partition coefficient (Wildman–Crippen LogP) is 5.01. The molecule has 5 rings (SSSR count). The molecule has 6 nitrogen and oxygen atoms in total. The van der Waals surface area contributed by atoms with Crippen LogP contribution in [-0.4, -0.2) is 25.0 Å². The van der Waals surface area contributed by atoms with Gasteiger partial charge >= 0.3 is 5.97 Å². The lowest BCUT2D eigenvalue weighted by Gasteiger charge is -2.37. The molecule has 0 aromatic heterocycles. The van der Waals surface area contributed by atoms with Crippen LogP contribution in [0.3, 0.4) is 0 Å². The molecule has 1 fully saturated rings. The van der Waals surface area contributed by atoms with Crippen LogP contribution in [-0.2, 0) is 9.53 Å². The van der Waals surface area contributed by atoms with Crippen LogP contribution in [0.15, 0.2) is 83.9 Å². The third kappa shape index (κ3) is 3.08. The normalized spacial score (nSPS) is 20.4. The number of esters is 1. The maximum atomic E-state index is 12.3. The van der Waals surface area contributed by atoms with Gasteiger partial charge in [0.05, 0.1) is 36.4 Å². The Labute approximate surface area is 198 Å². The summed E-state index contributed by atoms with van der Waals surface area (Å²) < 4.78 is 5.11. The first kappa shape index (κ1) is 21.4. The van der Waals surface area contributed by atoms with Crippen LogP contribution in [0, 0.1) is 28.1 Å². The molecule has 6 heteroatoms. The Balaban J connectivity index is 1.82. The van der Waals surface area contributed by atoms with Crippen LogP contribution >= 0.6 is 0 Å². The average molecular weight is 447 g/mol. The average Bonchev–Trinajstić information content (AvgIpc) is 3.19. The summed E-state index contributed by atoms with van der Waals surface area (Å²) >= 11 is 0. The van der Waals surface area contributed by atoms with Crippen LogP contribution < -0.4 is 4.90 Å². The van der Waals surface area contributed by atoms with Crippen LogP contribution in [0.1, 0.15) is 30.0 Å². The van der Waals surface area contributed by atoms with E-state index in [1.54, 1.807) is 6.92 Å². The van der Waals surface area contributed by atoms with Gasteiger partial charge in [0, 0.05) is 5.56 Å². The van der Waals surface area contributed by atoms with E-state index in [1.807, 2.05) is 83.8 Å². The smallest absolute Gasteiger partial charge is 0.327 e. The van der Waals surface area contributed by atoms with E-state index in [2.05, 4.69) is 12.1 Å². The molecule has 0 bridgehead atoms. The number of para-hydroxylation sites is 1. The predicted molar refractivity (Wildman–Crippen MR) is 129 cm³/mol. The lowest BCUT2D eigenvalue weighted by Crippen LogP contribution is -2.35. The summed E-state index contributed by atoms with van der Waals surface area (Å²) in [6.45, 7) is 1.82. The molecule has 0 aliphatic carbocycles. The van der Waals surface area contributed by atoms with Crippen molar-refractivity contribution in [2.75, 3.05) is 18.1 Å². The third-order valence-electron chi connectivity index (χ3n) is 6.54. The van der Waals surface area contributed by atoms with Crippen molar-refractivity contribution in [1.82, 2.24) is 0 Å². The number of anilines is 1. The fraction of sp³-hybridized carbons (Fsp3) is 0.214. The monoisotopic (exact) mass is 446 g/mol. The second kappa shape index (κ2) is 8.50. The summed E-state index contributed by atoms with van der Waals surface area (Å²) in [5, 5.41) is 21.2. The Hall–Kier alpha value is -4.42. The van der Waals surface area contributed by atoms with E-state index >= 15 is 0 Å². The molecule has 34 heavy (non-hydrogen) atoms. The molecular formula is C28H22N4O2. The molecule has 3 aromatic rings. The quantitative estimate of drug-likeness (QED) is 0.526. The molecule has 2 aliphatic heterocycles. The standard InChI is InChI=1S/C28H22N4O2/c1-2-34-24(33)16-31-27-25(19-10-4-3-5-11-19)28(17-29,18-30)26-22-14-7-6-12-20(22)21-13-8-9-15-23(21)32(26)27/h3-15,25-26H,2,16H2,1H3/t25-,26+/m0/s1. The number of benzene rings is 3. The molecule has 2 aliphatic rings. The Morgan fingerprint density at radius 1 is 0.971 bits per heavy atom. The van der Waals surface area contributed by atoms with Gasteiger partial charge in [-0.2, -0.15) is 10.5 Å². The number of rotatable bonds is 4. The highest BCUT2D eigenvalue weighted by molar-refractivity contribution is 6.11. The zero-order valence-corrected chi connectivity index (χ0v) is 18.7. The molecule has 0 unspecified atom stereocenters. The minimum atomic E-state index is -1.46. The van der Waals surface area contributed by atoms with Crippen molar-refractivity contribution in [3.63, 3.8) is 0 Å². The van der Waals surface area contributed by atoms with Crippen molar-refractivity contribution in [3.05, 3.63) is 90.0 Å². The van der Waals surface area contributed by atoms with Gasteiger partial charge in [-0.1, -0.05) is 72.8 Å². The lowest BCUT2D eigenvalue weighted by atomic mass is 9.69. The number of carbonyl (C=O) groups is 1. The highest BCUT2D eigenvalue weighted by Gasteiger charge is 2.62. The molecule has 0 saturated carbocycles. The fourth-order valence-electron chi connectivity index (χ4n) is 5.23. The summed E-state index contributed by atoms with van der Waals surface area (Å²) in [5.41, 5.74) is 3.09. The highest BCUT2D eigenvalue weighted by atomic mass is 16.5. The minimum Gasteiger partial charge on any atom is -0.465 e. The van der Waals surface area contributed by atoms with Gasteiger partial charge in [0.15, 0.2) is 5.41 Å². The Bertz CT molecular complexity index is 1350. The van der Waals surface area contributed by atoms with Gasteiger partial charge in [0.1, 0.15) is 12.4 Å². The fourth-order valence-corrected chi connectivity index (χ4v) is 5.23. The van der Waals surface area contributed by atoms with Crippen molar-refractivity contribution in [2.24, 2.45) is 10.4 Å². The summed E-state index contributed by atoms with van der Waals surface area (Å²) in [7, 11) is 0. The number of nitrogens with zero attached hydrogens (tertiary/aromatic N) is 4. The van der Waals surface area contributed by atoms with Crippen LogP contribution in [0.25, 0.3) is 11.1 Å². The number of hydrogen-bond donors (Lipinski definition) is 0. The number of carbonyl (C=O) groups excluding carboxylic acids is 1.